The van der Waals surface area contributed by atoms with E-state index in [0.717, 1.165) is 17.9 Å². The SMILES string of the molecule is COc1ccc(Oc2cc(CNC(=O)C(=O)Nc3ccn(CCN(C)C)n3)ccn2)cc1. The molecule has 2 N–H and O–H groups in total. The Labute approximate surface area is 186 Å². The molecule has 10 heteroatoms. The van der Waals surface area contributed by atoms with E-state index in [4.69, 9.17) is 9.47 Å². The quantitative estimate of drug-likeness (QED) is 0.491. The van der Waals surface area contributed by atoms with Gasteiger partial charge >= 0.3 is 11.8 Å². The summed E-state index contributed by atoms with van der Waals surface area (Å²) in [5.41, 5.74) is 0.734. The van der Waals surface area contributed by atoms with Crippen LogP contribution in [0.4, 0.5) is 5.82 Å². The second kappa shape index (κ2) is 10.9. The van der Waals surface area contributed by atoms with Gasteiger partial charge in [-0.25, -0.2) is 4.98 Å². The minimum atomic E-state index is -0.786. The molecule has 10 nitrogen and oxygen atoms in total. The Morgan fingerprint density at radius 1 is 1.06 bits per heavy atom. The molecule has 0 saturated carbocycles. The van der Waals surface area contributed by atoms with E-state index >= 15 is 0 Å². The van der Waals surface area contributed by atoms with E-state index in [-0.39, 0.29) is 6.54 Å². The number of rotatable bonds is 9. The Kier molecular flexibility index (Phi) is 7.76. The number of amides is 2. The molecule has 0 aliphatic carbocycles. The number of pyridine rings is 1. The molecule has 1 aromatic carbocycles. The molecule has 3 aromatic rings. The van der Waals surface area contributed by atoms with E-state index in [0.29, 0.717) is 24.0 Å². The summed E-state index contributed by atoms with van der Waals surface area (Å²) in [5, 5.41) is 9.31. The largest absolute Gasteiger partial charge is 0.497 e. The molecule has 2 amide bonds. The second-order valence-electron chi connectivity index (χ2n) is 7.18. The van der Waals surface area contributed by atoms with E-state index in [2.05, 4.69) is 20.7 Å². The molecular weight excluding hydrogens is 412 g/mol. The van der Waals surface area contributed by atoms with Crippen molar-refractivity contribution in [2.24, 2.45) is 0 Å². The molecule has 0 radical (unpaired) electrons. The van der Waals surface area contributed by atoms with Crippen molar-refractivity contribution in [1.29, 1.82) is 0 Å². The van der Waals surface area contributed by atoms with Crippen molar-refractivity contribution in [3.63, 3.8) is 0 Å². The predicted molar refractivity (Wildman–Crippen MR) is 119 cm³/mol. The second-order valence-corrected chi connectivity index (χ2v) is 7.18. The van der Waals surface area contributed by atoms with E-state index in [1.807, 2.05) is 19.0 Å². The number of hydrogen-bond donors (Lipinski definition) is 2. The first kappa shape index (κ1) is 22.8. The van der Waals surface area contributed by atoms with Crippen LogP contribution in [-0.4, -0.2) is 59.2 Å². The topological polar surface area (TPSA) is 111 Å². The van der Waals surface area contributed by atoms with Gasteiger partial charge in [0.05, 0.1) is 13.7 Å². The molecule has 2 aromatic heterocycles. The first-order valence-corrected chi connectivity index (χ1v) is 9.97. The van der Waals surface area contributed by atoms with Crippen molar-refractivity contribution < 1.29 is 19.1 Å². The van der Waals surface area contributed by atoms with Gasteiger partial charge in [-0.1, -0.05) is 0 Å². The average Bonchev–Trinajstić information content (AvgIpc) is 3.24. The highest BCUT2D eigenvalue weighted by atomic mass is 16.5. The van der Waals surface area contributed by atoms with Gasteiger partial charge in [-0.15, -0.1) is 0 Å². The molecule has 2 heterocycles. The molecule has 0 saturated heterocycles. The summed E-state index contributed by atoms with van der Waals surface area (Å²) in [6, 6.07) is 12.2. The van der Waals surface area contributed by atoms with E-state index < -0.39 is 11.8 Å². The number of carbonyl (C=O) groups is 2. The van der Waals surface area contributed by atoms with Gasteiger partial charge in [-0.2, -0.15) is 5.10 Å². The lowest BCUT2D eigenvalue weighted by atomic mass is 10.2. The van der Waals surface area contributed by atoms with Gasteiger partial charge in [-0.3, -0.25) is 14.3 Å². The Morgan fingerprint density at radius 2 is 1.81 bits per heavy atom. The lowest BCUT2D eigenvalue weighted by Crippen LogP contribution is -2.35. The van der Waals surface area contributed by atoms with Crippen molar-refractivity contribution in [1.82, 2.24) is 25.0 Å². The van der Waals surface area contributed by atoms with Crippen LogP contribution in [0.5, 0.6) is 17.4 Å². The van der Waals surface area contributed by atoms with Gasteiger partial charge in [0.1, 0.15) is 11.5 Å². The third-order valence-corrected chi connectivity index (χ3v) is 4.40. The number of nitrogens with one attached hydrogen (secondary N) is 2. The molecule has 3 rings (SSSR count). The number of ether oxygens (including phenoxy) is 2. The zero-order valence-electron chi connectivity index (χ0n) is 18.2. The van der Waals surface area contributed by atoms with Crippen LogP contribution >= 0.6 is 0 Å². The maximum atomic E-state index is 12.2. The molecule has 0 atom stereocenters. The number of aromatic nitrogens is 3. The number of likely N-dealkylation sites (N-methyl/N-ethyl adjacent to an activating group) is 1. The average molecular weight is 438 g/mol. The van der Waals surface area contributed by atoms with Crippen molar-refractivity contribution >= 4 is 17.6 Å². The van der Waals surface area contributed by atoms with E-state index in [1.165, 1.54) is 0 Å². The lowest BCUT2D eigenvalue weighted by Gasteiger charge is -2.09. The molecule has 0 aliphatic heterocycles. The van der Waals surface area contributed by atoms with Gasteiger partial charge in [0, 0.05) is 37.6 Å². The van der Waals surface area contributed by atoms with Crippen LogP contribution in [0.1, 0.15) is 5.56 Å². The molecule has 0 bridgehead atoms. The van der Waals surface area contributed by atoms with Crippen LogP contribution in [0.15, 0.2) is 54.9 Å². The molecule has 0 unspecified atom stereocenters. The van der Waals surface area contributed by atoms with Gasteiger partial charge in [0.15, 0.2) is 5.82 Å². The van der Waals surface area contributed by atoms with Gasteiger partial charge < -0.3 is 25.0 Å². The van der Waals surface area contributed by atoms with Crippen molar-refractivity contribution in [2.75, 3.05) is 33.1 Å². The Hall–Kier alpha value is -3.92. The third kappa shape index (κ3) is 6.81. The first-order chi connectivity index (χ1) is 15.4. The Balaban J connectivity index is 1.49. The fraction of sp³-hybridized carbons (Fsp3) is 0.273. The van der Waals surface area contributed by atoms with Crippen molar-refractivity contribution in [3.05, 3.63) is 60.4 Å². The number of hydrogen-bond acceptors (Lipinski definition) is 7. The summed E-state index contributed by atoms with van der Waals surface area (Å²) in [5.74, 6) is 0.468. The van der Waals surface area contributed by atoms with Gasteiger partial charge in [-0.05, 0) is 50.0 Å². The molecular formula is C22H26N6O4. The zero-order valence-corrected chi connectivity index (χ0v) is 18.2. The Bertz CT molecular complexity index is 1050. The van der Waals surface area contributed by atoms with E-state index in [1.54, 1.807) is 66.6 Å². The summed E-state index contributed by atoms with van der Waals surface area (Å²) in [6.07, 6.45) is 3.32. The monoisotopic (exact) mass is 438 g/mol. The fourth-order valence-electron chi connectivity index (χ4n) is 2.67. The van der Waals surface area contributed by atoms with Crippen LogP contribution in [0, 0.1) is 0 Å². The first-order valence-electron chi connectivity index (χ1n) is 9.97. The maximum Gasteiger partial charge on any atom is 0.314 e. The molecule has 0 aliphatic rings. The molecule has 168 valence electrons. The summed E-state index contributed by atoms with van der Waals surface area (Å²) >= 11 is 0. The summed E-state index contributed by atoms with van der Waals surface area (Å²) in [4.78, 5) is 30.5. The number of carbonyl (C=O) groups excluding carboxylic acids is 2. The van der Waals surface area contributed by atoms with Crippen LogP contribution < -0.4 is 20.1 Å². The predicted octanol–water partition coefficient (Wildman–Crippen LogP) is 1.90. The number of methoxy groups -OCH3 is 1. The van der Waals surface area contributed by atoms with E-state index in [9.17, 15) is 9.59 Å². The standard InChI is InChI=1S/C22H26N6O4/c1-27(2)12-13-28-11-9-19(26-28)25-22(30)21(29)24-15-16-8-10-23-20(14-16)32-18-6-4-17(31-3)5-7-18/h4-11,14H,12-13,15H2,1-3H3,(H,24,29)(H,25,26,30). The van der Waals surface area contributed by atoms with Crippen molar-refractivity contribution in [3.8, 4) is 17.4 Å². The molecule has 0 fully saturated rings. The summed E-state index contributed by atoms with van der Waals surface area (Å²) < 4.78 is 12.5. The van der Waals surface area contributed by atoms with Gasteiger partial charge in [0.2, 0.25) is 5.88 Å². The highest BCUT2D eigenvalue weighted by Gasteiger charge is 2.15. The van der Waals surface area contributed by atoms with Crippen LogP contribution in [0.2, 0.25) is 0 Å². The minimum absolute atomic E-state index is 0.144. The van der Waals surface area contributed by atoms with Crippen LogP contribution in [-0.2, 0) is 22.7 Å². The van der Waals surface area contributed by atoms with Crippen LogP contribution in [0.25, 0.3) is 0 Å². The molecule has 32 heavy (non-hydrogen) atoms. The lowest BCUT2D eigenvalue weighted by molar-refractivity contribution is -0.136. The Morgan fingerprint density at radius 3 is 2.53 bits per heavy atom. The maximum absolute atomic E-state index is 12.2. The smallest absolute Gasteiger partial charge is 0.314 e. The zero-order chi connectivity index (χ0) is 22.9. The fourth-order valence-corrected chi connectivity index (χ4v) is 2.67. The summed E-state index contributed by atoms with van der Waals surface area (Å²) in [7, 11) is 5.52. The highest BCUT2D eigenvalue weighted by molar-refractivity contribution is 6.39. The summed E-state index contributed by atoms with van der Waals surface area (Å²) in [6.45, 7) is 1.63. The normalized spacial score (nSPS) is 10.6. The minimum Gasteiger partial charge on any atom is -0.497 e. The number of benzene rings is 1. The highest BCUT2D eigenvalue weighted by Crippen LogP contribution is 2.22. The molecule has 0 spiro atoms. The number of nitrogens with zero attached hydrogens (tertiary/aromatic N) is 4. The number of anilines is 1. The third-order valence-electron chi connectivity index (χ3n) is 4.40. The van der Waals surface area contributed by atoms with Crippen molar-refractivity contribution in [2.45, 2.75) is 13.1 Å². The van der Waals surface area contributed by atoms with Crippen LogP contribution in [0.3, 0.4) is 0 Å². The van der Waals surface area contributed by atoms with Gasteiger partial charge in [0.25, 0.3) is 0 Å².